The predicted molar refractivity (Wildman–Crippen MR) is 97.5 cm³/mol. The molecule has 0 saturated heterocycles. The molecule has 1 aromatic heterocycles. The highest BCUT2D eigenvalue weighted by molar-refractivity contribution is 7.12. The summed E-state index contributed by atoms with van der Waals surface area (Å²) in [7, 11) is 0. The second-order valence-corrected chi connectivity index (χ2v) is 7.37. The lowest BCUT2D eigenvalue weighted by molar-refractivity contribution is -0.121. The lowest BCUT2D eigenvalue weighted by Crippen LogP contribution is -2.27. The van der Waals surface area contributed by atoms with Gasteiger partial charge in [-0.15, -0.1) is 11.3 Å². The van der Waals surface area contributed by atoms with E-state index in [-0.39, 0.29) is 30.6 Å². The number of carbonyl (C=O) groups is 2. The first-order valence-corrected chi connectivity index (χ1v) is 9.49. The summed E-state index contributed by atoms with van der Waals surface area (Å²) in [5, 5.41) is 4.90. The van der Waals surface area contributed by atoms with Crippen LogP contribution >= 0.6 is 11.3 Å². The van der Waals surface area contributed by atoms with Crippen molar-refractivity contribution in [2.24, 2.45) is 0 Å². The first-order chi connectivity index (χ1) is 11.6. The zero-order chi connectivity index (χ0) is 16.9. The molecule has 0 aliphatic heterocycles. The van der Waals surface area contributed by atoms with Crippen LogP contribution in [0.1, 0.15) is 65.0 Å². The normalized spacial score (nSPS) is 14.7. The van der Waals surface area contributed by atoms with E-state index in [9.17, 15) is 9.59 Å². The maximum Gasteiger partial charge on any atom is 0.220 e. The van der Waals surface area contributed by atoms with Crippen molar-refractivity contribution in [3.05, 3.63) is 57.3 Å². The summed E-state index contributed by atoms with van der Waals surface area (Å²) < 4.78 is 0. The van der Waals surface area contributed by atoms with Crippen LogP contribution in [0.2, 0.25) is 0 Å². The van der Waals surface area contributed by atoms with E-state index >= 15 is 0 Å². The number of benzene rings is 1. The van der Waals surface area contributed by atoms with Crippen molar-refractivity contribution in [3.63, 3.8) is 0 Å². The molecule has 3 nitrogen and oxygen atoms in total. The van der Waals surface area contributed by atoms with Crippen LogP contribution in [0.4, 0.5) is 0 Å². The van der Waals surface area contributed by atoms with E-state index in [0.29, 0.717) is 0 Å². The Morgan fingerprint density at radius 2 is 1.92 bits per heavy atom. The monoisotopic (exact) mass is 341 g/mol. The Labute approximate surface area is 147 Å². The molecule has 1 amide bonds. The van der Waals surface area contributed by atoms with Gasteiger partial charge in [-0.25, -0.2) is 0 Å². The van der Waals surface area contributed by atoms with E-state index in [1.165, 1.54) is 41.7 Å². The SMILES string of the molecule is C[C@H](NC(=O)CCC(=O)c1cccs1)c1ccc2c(c1)CCCC2. The number of aryl methyl sites for hydroxylation is 2. The summed E-state index contributed by atoms with van der Waals surface area (Å²) >= 11 is 1.43. The van der Waals surface area contributed by atoms with E-state index in [4.69, 9.17) is 0 Å². The minimum atomic E-state index is -0.0647. The molecule has 3 rings (SSSR count). The Hall–Kier alpha value is -1.94. The standard InChI is InChI=1S/C20H23NO2S/c1-14(16-9-8-15-5-2-3-6-17(15)13-16)21-20(23)11-10-18(22)19-7-4-12-24-19/h4,7-9,12-14H,2-3,5-6,10-11H2,1H3,(H,21,23)/t14-/m0/s1. The second-order valence-electron chi connectivity index (χ2n) is 6.42. The third-order valence-electron chi connectivity index (χ3n) is 4.63. The van der Waals surface area contributed by atoms with Gasteiger partial charge in [-0.2, -0.15) is 0 Å². The van der Waals surface area contributed by atoms with Gasteiger partial charge >= 0.3 is 0 Å². The van der Waals surface area contributed by atoms with E-state index in [1.807, 2.05) is 18.4 Å². The Morgan fingerprint density at radius 3 is 2.67 bits per heavy atom. The quantitative estimate of drug-likeness (QED) is 0.788. The number of fused-ring (bicyclic) bond motifs is 1. The van der Waals surface area contributed by atoms with Gasteiger partial charge in [0.15, 0.2) is 5.78 Å². The van der Waals surface area contributed by atoms with Crippen LogP contribution in [0.15, 0.2) is 35.7 Å². The number of Topliss-reactive ketones (excluding diaryl/α,β-unsaturated/α-hetero) is 1. The fourth-order valence-electron chi connectivity index (χ4n) is 3.21. The van der Waals surface area contributed by atoms with Gasteiger partial charge in [0.05, 0.1) is 10.9 Å². The molecule has 1 N–H and O–H groups in total. The molecule has 1 aromatic carbocycles. The summed E-state index contributed by atoms with van der Waals surface area (Å²) in [6.45, 7) is 2.00. The molecule has 0 fully saturated rings. The maximum atomic E-state index is 12.1. The topological polar surface area (TPSA) is 46.2 Å². The fourth-order valence-corrected chi connectivity index (χ4v) is 3.90. The number of nitrogens with one attached hydrogen (secondary N) is 1. The average Bonchev–Trinajstić information content (AvgIpc) is 3.14. The fraction of sp³-hybridized carbons (Fsp3) is 0.400. The Morgan fingerprint density at radius 1 is 1.12 bits per heavy atom. The van der Waals surface area contributed by atoms with Crippen LogP contribution in [-0.2, 0) is 17.6 Å². The predicted octanol–water partition coefficient (Wildman–Crippen LogP) is 4.47. The molecule has 0 unspecified atom stereocenters. The van der Waals surface area contributed by atoms with Crippen molar-refractivity contribution in [2.75, 3.05) is 0 Å². The molecule has 1 heterocycles. The number of carbonyl (C=O) groups excluding carboxylic acids is 2. The van der Waals surface area contributed by atoms with Crippen molar-refractivity contribution < 1.29 is 9.59 Å². The van der Waals surface area contributed by atoms with Gasteiger partial charge in [0, 0.05) is 12.8 Å². The molecule has 1 atom stereocenters. The third kappa shape index (κ3) is 4.12. The summed E-state index contributed by atoms with van der Waals surface area (Å²) in [6, 6.07) is 10.2. The molecule has 1 aliphatic carbocycles. The van der Waals surface area contributed by atoms with Gasteiger partial charge in [-0.05, 0) is 60.7 Å². The molecule has 2 aromatic rings. The molecule has 0 saturated carbocycles. The second kappa shape index (κ2) is 7.75. The smallest absolute Gasteiger partial charge is 0.220 e. The molecule has 0 bridgehead atoms. The highest BCUT2D eigenvalue weighted by atomic mass is 32.1. The number of ketones is 1. The van der Waals surface area contributed by atoms with Crippen LogP contribution in [0, 0.1) is 0 Å². The van der Waals surface area contributed by atoms with Gasteiger partial charge in [-0.3, -0.25) is 9.59 Å². The molecule has 4 heteroatoms. The summed E-state index contributed by atoms with van der Waals surface area (Å²) in [5.41, 5.74) is 4.02. The van der Waals surface area contributed by atoms with E-state index in [0.717, 1.165) is 16.9 Å². The van der Waals surface area contributed by atoms with Crippen molar-refractivity contribution in [1.82, 2.24) is 5.32 Å². The zero-order valence-electron chi connectivity index (χ0n) is 14.0. The van der Waals surface area contributed by atoms with E-state index in [2.05, 4.69) is 23.5 Å². The molecular formula is C20H23NO2S. The van der Waals surface area contributed by atoms with Gasteiger partial charge in [0.1, 0.15) is 0 Å². The lowest BCUT2D eigenvalue weighted by atomic mass is 9.89. The van der Waals surface area contributed by atoms with Gasteiger partial charge in [0.2, 0.25) is 5.91 Å². The molecule has 126 valence electrons. The lowest BCUT2D eigenvalue weighted by Gasteiger charge is -2.20. The van der Waals surface area contributed by atoms with Crippen molar-refractivity contribution >= 4 is 23.0 Å². The van der Waals surface area contributed by atoms with Crippen LogP contribution < -0.4 is 5.32 Å². The number of hydrogen-bond acceptors (Lipinski definition) is 3. The van der Waals surface area contributed by atoms with Crippen molar-refractivity contribution in [3.8, 4) is 0 Å². The van der Waals surface area contributed by atoms with Crippen LogP contribution in [-0.4, -0.2) is 11.7 Å². The van der Waals surface area contributed by atoms with Crippen LogP contribution in [0.25, 0.3) is 0 Å². The highest BCUT2D eigenvalue weighted by Crippen LogP contribution is 2.24. The molecule has 0 radical (unpaired) electrons. The van der Waals surface area contributed by atoms with Crippen LogP contribution in [0.3, 0.4) is 0 Å². The first-order valence-electron chi connectivity index (χ1n) is 8.61. The molecule has 0 spiro atoms. The number of rotatable bonds is 6. The van der Waals surface area contributed by atoms with Crippen molar-refractivity contribution in [2.45, 2.75) is 51.5 Å². The zero-order valence-corrected chi connectivity index (χ0v) is 14.8. The summed E-state index contributed by atoms with van der Waals surface area (Å²) in [6.07, 6.45) is 5.34. The average molecular weight is 341 g/mol. The Balaban J connectivity index is 1.53. The van der Waals surface area contributed by atoms with E-state index < -0.39 is 0 Å². The molecular weight excluding hydrogens is 318 g/mol. The number of hydrogen-bond donors (Lipinski definition) is 1. The number of thiophene rings is 1. The van der Waals surface area contributed by atoms with E-state index in [1.54, 1.807) is 6.07 Å². The molecule has 1 aliphatic rings. The maximum absolute atomic E-state index is 12.1. The molecule has 24 heavy (non-hydrogen) atoms. The van der Waals surface area contributed by atoms with Gasteiger partial charge in [0.25, 0.3) is 0 Å². The summed E-state index contributed by atoms with van der Waals surface area (Å²) in [5.74, 6) is -0.0216. The Kier molecular flexibility index (Phi) is 5.46. The first kappa shape index (κ1) is 16.9. The minimum Gasteiger partial charge on any atom is -0.350 e. The third-order valence-corrected chi connectivity index (χ3v) is 5.54. The van der Waals surface area contributed by atoms with Gasteiger partial charge < -0.3 is 5.32 Å². The highest BCUT2D eigenvalue weighted by Gasteiger charge is 2.15. The minimum absolute atomic E-state index is 0.0263. The summed E-state index contributed by atoms with van der Waals surface area (Å²) in [4.78, 5) is 24.8. The Bertz CT molecular complexity index is 721. The van der Waals surface area contributed by atoms with Crippen LogP contribution in [0.5, 0.6) is 0 Å². The largest absolute Gasteiger partial charge is 0.350 e. The number of amides is 1. The van der Waals surface area contributed by atoms with Crippen molar-refractivity contribution in [1.29, 1.82) is 0 Å². The van der Waals surface area contributed by atoms with Gasteiger partial charge in [-0.1, -0.05) is 24.3 Å².